The van der Waals surface area contributed by atoms with Crippen LogP contribution in [0.25, 0.3) is 0 Å². The Labute approximate surface area is 138 Å². The molecule has 23 heavy (non-hydrogen) atoms. The molecule has 0 amide bonds. The Morgan fingerprint density at radius 3 is 2.70 bits per heavy atom. The van der Waals surface area contributed by atoms with Gasteiger partial charge >= 0.3 is 0 Å². The molecular weight excluding hydrogens is 288 g/mol. The van der Waals surface area contributed by atoms with Crippen LogP contribution in [0.1, 0.15) is 49.8 Å². The number of rotatable bonds is 3. The molecule has 3 aliphatic rings. The van der Waals surface area contributed by atoms with Crippen LogP contribution in [0.2, 0.25) is 0 Å². The molecule has 0 aromatic carbocycles. The van der Waals surface area contributed by atoms with Crippen molar-refractivity contribution in [1.82, 2.24) is 15.1 Å². The summed E-state index contributed by atoms with van der Waals surface area (Å²) < 4.78 is 0. The van der Waals surface area contributed by atoms with Gasteiger partial charge in [0.25, 0.3) is 0 Å². The molecule has 1 aromatic rings. The number of anilines is 1. The van der Waals surface area contributed by atoms with E-state index in [1.54, 1.807) is 0 Å². The molecule has 2 atom stereocenters. The largest absolute Gasteiger partial charge is 0.391 e. The van der Waals surface area contributed by atoms with Crippen molar-refractivity contribution in [1.29, 1.82) is 0 Å². The van der Waals surface area contributed by atoms with Crippen LogP contribution < -0.4 is 4.90 Å². The number of fused-ring (bicyclic) bond motifs is 1. The van der Waals surface area contributed by atoms with E-state index < -0.39 is 0 Å². The van der Waals surface area contributed by atoms with E-state index in [-0.39, 0.29) is 6.10 Å². The molecule has 0 radical (unpaired) electrons. The fourth-order valence-corrected chi connectivity index (χ4v) is 4.37. The van der Waals surface area contributed by atoms with Gasteiger partial charge < -0.3 is 10.0 Å². The molecular formula is C18H28N4O. The van der Waals surface area contributed by atoms with Crippen LogP contribution in [-0.2, 0) is 12.8 Å². The second-order valence-corrected chi connectivity index (χ2v) is 7.53. The fraction of sp³-hybridized carbons (Fsp3) is 0.778. The summed E-state index contributed by atoms with van der Waals surface area (Å²) in [6.45, 7) is 2.01. The third kappa shape index (κ3) is 2.96. The Morgan fingerprint density at radius 1 is 1.09 bits per heavy atom. The molecule has 4 rings (SSSR count). The third-order valence-electron chi connectivity index (χ3n) is 6.04. The maximum Gasteiger partial charge on any atom is 0.151 e. The highest BCUT2D eigenvalue weighted by Crippen LogP contribution is 2.29. The number of aliphatic hydroxyl groups is 1. The van der Waals surface area contributed by atoms with Crippen molar-refractivity contribution in [2.45, 2.75) is 69.6 Å². The van der Waals surface area contributed by atoms with Crippen molar-refractivity contribution < 1.29 is 5.11 Å². The van der Waals surface area contributed by atoms with E-state index in [9.17, 15) is 5.11 Å². The van der Waals surface area contributed by atoms with Gasteiger partial charge in [-0.1, -0.05) is 12.8 Å². The average molecular weight is 316 g/mol. The van der Waals surface area contributed by atoms with Crippen LogP contribution in [0.4, 0.5) is 5.82 Å². The summed E-state index contributed by atoms with van der Waals surface area (Å²) in [5.41, 5.74) is 2.61. The molecule has 2 aliphatic carbocycles. The van der Waals surface area contributed by atoms with E-state index in [0.717, 1.165) is 44.6 Å². The molecule has 1 saturated carbocycles. The summed E-state index contributed by atoms with van der Waals surface area (Å²) in [6.07, 6.45) is 9.15. The number of hydrogen-bond donors (Lipinski definition) is 1. The van der Waals surface area contributed by atoms with Crippen LogP contribution in [0.3, 0.4) is 0 Å². The molecule has 1 aliphatic heterocycles. The van der Waals surface area contributed by atoms with Gasteiger partial charge in [-0.05, 0) is 57.2 Å². The summed E-state index contributed by atoms with van der Waals surface area (Å²) in [6, 6.07) is 3.13. The van der Waals surface area contributed by atoms with E-state index in [1.807, 2.05) is 0 Å². The molecule has 2 fully saturated rings. The summed E-state index contributed by atoms with van der Waals surface area (Å²) in [4.78, 5) is 4.74. The number of nitrogens with zero attached hydrogens (tertiary/aromatic N) is 4. The SMILES string of the molecule is CN(C1CN(c2cc3c(nn2)CCCC3)C1)C1CCCCC1O. The minimum atomic E-state index is -0.147. The Bertz CT molecular complexity index is 558. The van der Waals surface area contributed by atoms with E-state index in [4.69, 9.17) is 0 Å². The quantitative estimate of drug-likeness (QED) is 0.921. The van der Waals surface area contributed by atoms with E-state index in [2.05, 4.69) is 33.1 Å². The zero-order valence-corrected chi connectivity index (χ0v) is 14.1. The Balaban J connectivity index is 1.37. The lowest BCUT2D eigenvalue weighted by Crippen LogP contribution is -2.63. The Hall–Kier alpha value is -1.20. The minimum absolute atomic E-state index is 0.147. The van der Waals surface area contributed by atoms with Crippen LogP contribution in [-0.4, -0.2) is 58.5 Å². The molecule has 1 saturated heterocycles. The van der Waals surface area contributed by atoms with Gasteiger partial charge in [0.15, 0.2) is 5.82 Å². The first-order valence-corrected chi connectivity index (χ1v) is 9.23. The first-order chi connectivity index (χ1) is 11.2. The van der Waals surface area contributed by atoms with E-state index >= 15 is 0 Å². The van der Waals surface area contributed by atoms with E-state index in [1.165, 1.54) is 36.9 Å². The van der Waals surface area contributed by atoms with Gasteiger partial charge in [-0.15, -0.1) is 5.10 Å². The zero-order valence-electron chi connectivity index (χ0n) is 14.1. The molecule has 5 heteroatoms. The van der Waals surface area contributed by atoms with Gasteiger partial charge in [-0.25, -0.2) is 0 Å². The molecule has 1 aromatic heterocycles. The standard InChI is InChI=1S/C18H28N4O/c1-21(16-8-4-5-9-17(16)23)14-11-22(12-14)18-10-13-6-2-3-7-15(13)19-20-18/h10,14,16-17,23H,2-9,11-12H2,1H3. The highest BCUT2D eigenvalue weighted by molar-refractivity contribution is 5.45. The maximum atomic E-state index is 10.2. The summed E-state index contributed by atoms with van der Waals surface area (Å²) >= 11 is 0. The molecule has 2 unspecified atom stereocenters. The summed E-state index contributed by atoms with van der Waals surface area (Å²) in [7, 11) is 2.18. The van der Waals surface area contributed by atoms with Crippen molar-refractivity contribution in [2.24, 2.45) is 0 Å². The van der Waals surface area contributed by atoms with Crippen molar-refractivity contribution >= 4 is 5.82 Å². The maximum absolute atomic E-state index is 10.2. The van der Waals surface area contributed by atoms with Gasteiger partial charge in [0.05, 0.1) is 11.8 Å². The van der Waals surface area contributed by atoms with Gasteiger partial charge in [-0.2, -0.15) is 5.10 Å². The molecule has 126 valence electrons. The predicted octanol–water partition coefficient (Wildman–Crippen LogP) is 1.78. The predicted molar refractivity (Wildman–Crippen MR) is 90.7 cm³/mol. The smallest absolute Gasteiger partial charge is 0.151 e. The summed E-state index contributed by atoms with van der Waals surface area (Å²) in [5, 5.41) is 19.1. The van der Waals surface area contributed by atoms with Crippen molar-refractivity contribution in [3.8, 4) is 0 Å². The van der Waals surface area contributed by atoms with Crippen LogP contribution in [0, 0.1) is 0 Å². The molecule has 1 N–H and O–H groups in total. The van der Waals surface area contributed by atoms with E-state index in [0.29, 0.717) is 12.1 Å². The lowest BCUT2D eigenvalue weighted by atomic mass is 9.90. The monoisotopic (exact) mass is 316 g/mol. The summed E-state index contributed by atoms with van der Waals surface area (Å²) in [5.74, 6) is 1.04. The fourth-order valence-electron chi connectivity index (χ4n) is 4.37. The zero-order chi connectivity index (χ0) is 15.8. The van der Waals surface area contributed by atoms with Crippen LogP contribution in [0.5, 0.6) is 0 Å². The Morgan fingerprint density at radius 2 is 1.87 bits per heavy atom. The first-order valence-electron chi connectivity index (χ1n) is 9.23. The first kappa shape index (κ1) is 15.3. The lowest BCUT2D eigenvalue weighted by molar-refractivity contribution is 0.00675. The molecule has 0 bridgehead atoms. The highest BCUT2D eigenvalue weighted by atomic mass is 16.3. The van der Waals surface area contributed by atoms with Crippen LogP contribution in [0.15, 0.2) is 6.07 Å². The number of aromatic nitrogens is 2. The second kappa shape index (κ2) is 6.36. The normalized spacial score (nSPS) is 28.6. The minimum Gasteiger partial charge on any atom is -0.391 e. The lowest BCUT2D eigenvalue weighted by Gasteiger charge is -2.49. The molecule has 2 heterocycles. The number of aryl methyl sites for hydroxylation is 2. The van der Waals surface area contributed by atoms with Gasteiger partial charge in [0.1, 0.15) is 0 Å². The average Bonchev–Trinajstić information content (AvgIpc) is 2.53. The number of likely N-dealkylation sites (N-methyl/N-ethyl adjacent to an activating group) is 1. The third-order valence-corrected chi connectivity index (χ3v) is 6.04. The number of hydrogen-bond acceptors (Lipinski definition) is 5. The van der Waals surface area contributed by atoms with Gasteiger partial charge in [0.2, 0.25) is 0 Å². The van der Waals surface area contributed by atoms with Gasteiger partial charge in [0, 0.05) is 25.2 Å². The Kier molecular flexibility index (Phi) is 4.24. The van der Waals surface area contributed by atoms with Crippen LogP contribution >= 0.6 is 0 Å². The number of aliphatic hydroxyl groups excluding tert-OH is 1. The van der Waals surface area contributed by atoms with Crippen molar-refractivity contribution in [2.75, 3.05) is 25.0 Å². The van der Waals surface area contributed by atoms with Crippen molar-refractivity contribution in [3.05, 3.63) is 17.3 Å². The topological polar surface area (TPSA) is 52.5 Å². The highest BCUT2D eigenvalue weighted by Gasteiger charge is 2.37. The second-order valence-electron chi connectivity index (χ2n) is 7.53. The molecule has 0 spiro atoms. The molecule has 5 nitrogen and oxygen atoms in total. The van der Waals surface area contributed by atoms with Gasteiger partial charge in [-0.3, -0.25) is 4.90 Å². The van der Waals surface area contributed by atoms with Crippen molar-refractivity contribution in [3.63, 3.8) is 0 Å².